The summed E-state index contributed by atoms with van der Waals surface area (Å²) in [6, 6.07) is 5.18. The maximum atomic E-state index is 13.0. The van der Waals surface area contributed by atoms with E-state index in [1.165, 1.54) is 16.9 Å². The highest BCUT2D eigenvalue weighted by molar-refractivity contribution is 6.24. The molecule has 2 aromatic rings. The van der Waals surface area contributed by atoms with Gasteiger partial charge < -0.3 is 4.74 Å². The second-order valence-electron chi connectivity index (χ2n) is 8.94. The Morgan fingerprint density at radius 2 is 2.07 bits per heavy atom. The van der Waals surface area contributed by atoms with E-state index in [4.69, 9.17) is 16.3 Å². The number of pyridine rings is 1. The molecule has 0 amide bonds. The van der Waals surface area contributed by atoms with E-state index in [1.54, 1.807) is 6.20 Å². The third-order valence-electron chi connectivity index (χ3n) is 6.71. The average molecular weight is 387 g/mol. The molecular weight excluding hydrogens is 364 g/mol. The molecule has 0 N–H and O–H groups in total. The van der Waals surface area contributed by atoms with Crippen LogP contribution in [0.2, 0.25) is 0 Å². The van der Waals surface area contributed by atoms with E-state index in [9.17, 15) is 9.59 Å². The first-order valence-electron chi connectivity index (χ1n) is 9.70. The number of aryl methyl sites for hydroxylation is 1. The van der Waals surface area contributed by atoms with Gasteiger partial charge >= 0.3 is 5.97 Å². The minimum absolute atomic E-state index is 0.0330. The maximum absolute atomic E-state index is 13.0. The van der Waals surface area contributed by atoms with Crippen LogP contribution in [0.15, 0.2) is 29.2 Å². The molecule has 0 aromatic carbocycles. The van der Waals surface area contributed by atoms with Crippen molar-refractivity contribution in [3.63, 3.8) is 0 Å². The molecule has 4 bridgehead atoms. The highest BCUT2D eigenvalue weighted by Crippen LogP contribution is 2.64. The molecule has 5 nitrogen and oxygen atoms in total. The van der Waals surface area contributed by atoms with Gasteiger partial charge in [0.15, 0.2) is 0 Å². The van der Waals surface area contributed by atoms with Gasteiger partial charge in [-0.1, -0.05) is 6.07 Å². The summed E-state index contributed by atoms with van der Waals surface area (Å²) in [6.07, 6.45) is 7.47. The Morgan fingerprint density at radius 3 is 2.78 bits per heavy atom. The number of aromatic nitrogens is 2. The largest absolute Gasteiger partial charge is 0.459 e. The Labute approximate surface area is 162 Å². The third-order valence-corrected chi connectivity index (χ3v) is 7.16. The lowest BCUT2D eigenvalue weighted by Gasteiger charge is -2.58. The zero-order valence-corrected chi connectivity index (χ0v) is 16.2. The lowest BCUT2D eigenvalue weighted by molar-refractivity contribution is -0.171. The molecule has 27 heavy (non-hydrogen) atoms. The van der Waals surface area contributed by atoms with Gasteiger partial charge in [0.2, 0.25) is 0 Å². The molecular formula is C21H23ClN2O3. The highest BCUT2D eigenvalue weighted by Gasteiger charge is 2.60. The number of carbonyl (C=O) groups excluding carboxylic acids is 1. The van der Waals surface area contributed by atoms with Gasteiger partial charge in [0.05, 0.1) is 11.1 Å². The second-order valence-corrected chi connectivity index (χ2v) is 9.74. The SMILES string of the molecule is Cc1cccn2c(=O)cc(COC(=O)C34C[C@@H]5C[C@@H](CC(Cl)(C5)C3)C4)nc12. The predicted octanol–water partition coefficient (Wildman–Crippen LogP) is 3.62. The molecule has 0 saturated heterocycles. The van der Waals surface area contributed by atoms with Crippen LogP contribution < -0.4 is 5.56 Å². The monoisotopic (exact) mass is 386 g/mol. The summed E-state index contributed by atoms with van der Waals surface area (Å²) in [4.78, 5) is 29.7. The predicted molar refractivity (Wildman–Crippen MR) is 102 cm³/mol. The van der Waals surface area contributed by atoms with Crippen molar-refractivity contribution in [1.29, 1.82) is 0 Å². The van der Waals surface area contributed by atoms with Gasteiger partial charge in [-0.25, -0.2) is 4.98 Å². The molecule has 4 saturated carbocycles. The fourth-order valence-electron chi connectivity index (χ4n) is 6.06. The lowest BCUT2D eigenvalue weighted by Crippen LogP contribution is -2.56. The molecule has 2 unspecified atom stereocenters. The van der Waals surface area contributed by atoms with Crippen molar-refractivity contribution in [2.45, 2.75) is 56.9 Å². The van der Waals surface area contributed by atoms with Crippen LogP contribution in [0.25, 0.3) is 5.65 Å². The highest BCUT2D eigenvalue weighted by atomic mass is 35.5. The van der Waals surface area contributed by atoms with Crippen LogP contribution >= 0.6 is 11.6 Å². The maximum Gasteiger partial charge on any atom is 0.312 e. The van der Waals surface area contributed by atoms with Gasteiger partial charge in [0.1, 0.15) is 12.3 Å². The molecule has 142 valence electrons. The number of alkyl halides is 1. The van der Waals surface area contributed by atoms with Crippen LogP contribution in [0.5, 0.6) is 0 Å². The van der Waals surface area contributed by atoms with Crippen LogP contribution in [-0.4, -0.2) is 20.2 Å². The summed E-state index contributed by atoms with van der Waals surface area (Å²) in [6.45, 7) is 1.94. The molecule has 0 radical (unpaired) electrons. The van der Waals surface area contributed by atoms with E-state index in [0.29, 0.717) is 23.2 Å². The summed E-state index contributed by atoms with van der Waals surface area (Å²) >= 11 is 6.82. The molecule has 4 aliphatic carbocycles. The normalized spacial score (nSPS) is 34.1. The second kappa shape index (κ2) is 5.81. The first kappa shape index (κ1) is 17.2. The van der Waals surface area contributed by atoms with Crippen molar-refractivity contribution in [1.82, 2.24) is 9.38 Å². The minimum atomic E-state index is -0.437. The van der Waals surface area contributed by atoms with Crippen LogP contribution in [0.4, 0.5) is 0 Å². The number of rotatable bonds is 3. The zero-order valence-electron chi connectivity index (χ0n) is 15.4. The van der Waals surface area contributed by atoms with Crippen LogP contribution in [-0.2, 0) is 16.1 Å². The molecule has 0 aliphatic heterocycles. The molecule has 4 atom stereocenters. The number of nitrogens with zero attached hydrogens (tertiary/aromatic N) is 2. The minimum Gasteiger partial charge on any atom is -0.459 e. The van der Waals surface area contributed by atoms with Crippen LogP contribution in [0.1, 0.15) is 49.8 Å². The van der Waals surface area contributed by atoms with Crippen molar-refractivity contribution in [2.24, 2.45) is 17.3 Å². The van der Waals surface area contributed by atoms with E-state index in [1.807, 2.05) is 19.1 Å². The van der Waals surface area contributed by atoms with E-state index < -0.39 is 5.41 Å². The van der Waals surface area contributed by atoms with Crippen molar-refractivity contribution in [3.05, 3.63) is 46.0 Å². The smallest absolute Gasteiger partial charge is 0.312 e. The first-order chi connectivity index (χ1) is 12.9. The van der Waals surface area contributed by atoms with E-state index in [-0.39, 0.29) is 23.0 Å². The molecule has 0 spiro atoms. The van der Waals surface area contributed by atoms with Gasteiger partial charge in [-0.3, -0.25) is 14.0 Å². The summed E-state index contributed by atoms with van der Waals surface area (Å²) in [5, 5.41) is 0. The summed E-state index contributed by atoms with van der Waals surface area (Å²) in [7, 11) is 0. The van der Waals surface area contributed by atoms with Crippen molar-refractivity contribution >= 4 is 23.2 Å². The standard InChI is InChI=1S/C21H23ClN2O3/c1-13-3-2-4-24-17(25)6-16(23-18(13)24)11-27-19(26)20-7-14-5-15(8-20)10-21(22,9-14)12-20/h2-4,6,14-15H,5,7-12H2,1H3/t14-,15+,20?,21?. The molecule has 2 heterocycles. The zero-order chi connectivity index (χ0) is 18.8. The third kappa shape index (κ3) is 2.78. The van der Waals surface area contributed by atoms with Crippen molar-refractivity contribution in [3.8, 4) is 0 Å². The van der Waals surface area contributed by atoms with Gasteiger partial charge in [-0.15, -0.1) is 11.6 Å². The van der Waals surface area contributed by atoms with Gasteiger partial charge in [-0.2, -0.15) is 0 Å². The summed E-state index contributed by atoms with van der Waals surface area (Å²) in [5.74, 6) is 0.929. The van der Waals surface area contributed by atoms with E-state index in [0.717, 1.165) is 37.7 Å². The van der Waals surface area contributed by atoms with E-state index in [2.05, 4.69) is 4.98 Å². The number of hydrogen-bond donors (Lipinski definition) is 0. The average Bonchev–Trinajstić information content (AvgIpc) is 2.58. The Kier molecular flexibility index (Phi) is 3.71. The summed E-state index contributed by atoms with van der Waals surface area (Å²) in [5.41, 5.74) is 1.41. The van der Waals surface area contributed by atoms with Crippen LogP contribution in [0.3, 0.4) is 0 Å². The fourth-order valence-corrected chi connectivity index (χ4v) is 6.76. The number of halogens is 1. The molecule has 4 fully saturated rings. The molecule has 6 rings (SSSR count). The Balaban J connectivity index is 1.38. The fraction of sp³-hybridized carbons (Fsp3) is 0.571. The Morgan fingerprint density at radius 1 is 1.33 bits per heavy atom. The van der Waals surface area contributed by atoms with Crippen LogP contribution in [0, 0.1) is 24.2 Å². The Bertz CT molecular complexity index is 985. The lowest BCUT2D eigenvalue weighted by atomic mass is 9.49. The molecule has 2 aromatic heterocycles. The van der Waals surface area contributed by atoms with Crippen molar-refractivity contribution in [2.75, 3.05) is 0 Å². The topological polar surface area (TPSA) is 60.7 Å². The number of carbonyl (C=O) groups is 1. The Hall–Kier alpha value is -1.88. The number of esters is 1. The first-order valence-corrected chi connectivity index (χ1v) is 10.1. The van der Waals surface area contributed by atoms with Crippen molar-refractivity contribution < 1.29 is 9.53 Å². The van der Waals surface area contributed by atoms with Gasteiger partial charge in [0.25, 0.3) is 5.56 Å². The van der Waals surface area contributed by atoms with Gasteiger partial charge in [-0.05, 0) is 68.9 Å². The molecule has 6 heteroatoms. The van der Waals surface area contributed by atoms with Gasteiger partial charge in [0, 0.05) is 17.1 Å². The molecule has 4 aliphatic rings. The number of fused-ring (bicyclic) bond motifs is 1. The summed E-state index contributed by atoms with van der Waals surface area (Å²) < 4.78 is 7.20. The number of ether oxygens (including phenoxy) is 1. The van der Waals surface area contributed by atoms with E-state index >= 15 is 0 Å². The number of hydrogen-bond acceptors (Lipinski definition) is 4. The quantitative estimate of drug-likeness (QED) is 0.597.